The SMILES string of the molecule is F[B-](F)(F)/C=C/c1ccc(C2CC2)nc1. The van der Waals surface area contributed by atoms with Crippen molar-refractivity contribution in [2.24, 2.45) is 0 Å². The molecular formula is C10H10BF3N-. The van der Waals surface area contributed by atoms with Crippen LogP contribution >= 0.6 is 0 Å². The van der Waals surface area contributed by atoms with Gasteiger partial charge in [-0.2, -0.15) is 0 Å². The Hall–Kier alpha value is -1.26. The van der Waals surface area contributed by atoms with Gasteiger partial charge in [0.1, 0.15) is 0 Å². The first-order valence-electron chi connectivity index (χ1n) is 4.90. The molecule has 0 amide bonds. The van der Waals surface area contributed by atoms with E-state index in [1.54, 1.807) is 12.1 Å². The van der Waals surface area contributed by atoms with Crippen molar-refractivity contribution >= 4 is 13.1 Å². The molecule has 1 heterocycles. The van der Waals surface area contributed by atoms with Gasteiger partial charge in [0.25, 0.3) is 0 Å². The molecule has 0 bridgehead atoms. The maximum absolute atomic E-state index is 11.9. The third-order valence-electron chi connectivity index (χ3n) is 2.31. The maximum Gasteiger partial charge on any atom is 0.502 e. The van der Waals surface area contributed by atoms with Gasteiger partial charge >= 0.3 is 6.98 Å². The maximum atomic E-state index is 11.9. The molecule has 1 fully saturated rings. The van der Waals surface area contributed by atoms with Crippen molar-refractivity contribution < 1.29 is 12.9 Å². The number of pyridine rings is 1. The van der Waals surface area contributed by atoms with Crippen molar-refractivity contribution in [3.8, 4) is 0 Å². The summed E-state index contributed by atoms with van der Waals surface area (Å²) in [5.41, 5.74) is 1.49. The number of hydrogen-bond acceptors (Lipinski definition) is 1. The molecule has 0 atom stereocenters. The molecule has 1 aliphatic carbocycles. The molecule has 5 heteroatoms. The summed E-state index contributed by atoms with van der Waals surface area (Å²) in [6, 6.07) is 3.49. The molecule has 0 aromatic carbocycles. The van der Waals surface area contributed by atoms with Gasteiger partial charge in [-0.3, -0.25) is 4.98 Å². The average Bonchev–Trinajstić information content (AvgIpc) is 2.98. The van der Waals surface area contributed by atoms with Crippen LogP contribution in [0.3, 0.4) is 0 Å². The standard InChI is InChI=1S/C10H10BF3N/c12-11(13,14)6-5-8-1-4-10(15-7-8)9-2-3-9/h1,4-7,9H,2-3H2/q-1/b6-5+. The van der Waals surface area contributed by atoms with Crippen LogP contribution in [0.15, 0.2) is 24.3 Å². The molecule has 80 valence electrons. The Morgan fingerprint density at radius 3 is 2.47 bits per heavy atom. The molecule has 0 unspecified atom stereocenters. The first-order valence-corrected chi connectivity index (χ1v) is 4.90. The van der Waals surface area contributed by atoms with Crippen LogP contribution in [0.5, 0.6) is 0 Å². The second-order valence-electron chi connectivity index (χ2n) is 3.78. The predicted molar refractivity (Wildman–Crippen MR) is 54.3 cm³/mol. The van der Waals surface area contributed by atoms with E-state index in [1.807, 2.05) is 0 Å². The lowest BCUT2D eigenvalue weighted by atomic mass is 9.91. The Labute approximate surface area is 86.1 Å². The van der Waals surface area contributed by atoms with Crippen molar-refractivity contribution in [1.82, 2.24) is 4.98 Å². The third-order valence-corrected chi connectivity index (χ3v) is 2.31. The fraction of sp³-hybridized carbons (Fsp3) is 0.300. The van der Waals surface area contributed by atoms with E-state index in [1.165, 1.54) is 6.20 Å². The van der Waals surface area contributed by atoms with E-state index in [-0.39, 0.29) is 5.98 Å². The van der Waals surface area contributed by atoms with Gasteiger partial charge in [-0.25, -0.2) is 0 Å². The predicted octanol–water partition coefficient (Wildman–Crippen LogP) is 3.36. The zero-order valence-electron chi connectivity index (χ0n) is 8.04. The second-order valence-corrected chi connectivity index (χ2v) is 3.78. The average molecular weight is 212 g/mol. The largest absolute Gasteiger partial charge is 0.502 e. The van der Waals surface area contributed by atoms with Crippen LogP contribution in [-0.4, -0.2) is 12.0 Å². The lowest BCUT2D eigenvalue weighted by Gasteiger charge is -2.06. The number of aromatic nitrogens is 1. The number of nitrogens with zero attached hydrogens (tertiary/aromatic N) is 1. The van der Waals surface area contributed by atoms with Gasteiger partial charge in [-0.1, -0.05) is 12.1 Å². The van der Waals surface area contributed by atoms with Crippen LogP contribution in [-0.2, 0) is 0 Å². The molecule has 1 aromatic rings. The third kappa shape index (κ3) is 3.11. The van der Waals surface area contributed by atoms with Crippen molar-refractivity contribution in [3.05, 3.63) is 35.6 Å². The van der Waals surface area contributed by atoms with E-state index >= 15 is 0 Å². The molecule has 15 heavy (non-hydrogen) atoms. The molecule has 0 spiro atoms. The summed E-state index contributed by atoms with van der Waals surface area (Å²) in [5, 5.41) is 0. The van der Waals surface area contributed by atoms with Crippen molar-refractivity contribution in [3.63, 3.8) is 0 Å². The summed E-state index contributed by atoms with van der Waals surface area (Å²) in [5.74, 6) is 0.822. The van der Waals surface area contributed by atoms with Gasteiger partial charge in [0.05, 0.1) is 0 Å². The fourth-order valence-corrected chi connectivity index (χ4v) is 1.36. The normalized spacial score (nSPS) is 17.3. The molecule has 2 rings (SSSR count). The zero-order chi connectivity index (χ0) is 10.9. The van der Waals surface area contributed by atoms with Crippen LogP contribution in [0.25, 0.3) is 6.08 Å². The van der Waals surface area contributed by atoms with E-state index in [4.69, 9.17) is 0 Å². The second kappa shape index (κ2) is 3.72. The van der Waals surface area contributed by atoms with Crippen LogP contribution in [0, 0.1) is 0 Å². The molecule has 1 saturated carbocycles. The molecule has 1 aliphatic rings. The van der Waals surface area contributed by atoms with Gasteiger partial charge in [0.15, 0.2) is 0 Å². The van der Waals surface area contributed by atoms with Gasteiger partial charge in [0, 0.05) is 17.8 Å². The molecule has 0 radical (unpaired) electrons. The number of rotatable bonds is 3. The smallest absolute Gasteiger partial charge is 0.445 e. The van der Waals surface area contributed by atoms with E-state index in [2.05, 4.69) is 4.98 Å². The van der Waals surface area contributed by atoms with E-state index in [0.717, 1.165) is 24.6 Å². The minimum atomic E-state index is -4.85. The fourth-order valence-electron chi connectivity index (χ4n) is 1.36. The highest BCUT2D eigenvalue weighted by Crippen LogP contribution is 2.38. The lowest BCUT2D eigenvalue weighted by molar-refractivity contribution is 0.499. The highest BCUT2D eigenvalue weighted by atomic mass is 19.4. The lowest BCUT2D eigenvalue weighted by Crippen LogP contribution is -2.09. The van der Waals surface area contributed by atoms with Crippen molar-refractivity contribution in [1.29, 1.82) is 0 Å². The molecule has 0 aliphatic heterocycles. The summed E-state index contributed by atoms with van der Waals surface area (Å²) in [6.45, 7) is -4.85. The van der Waals surface area contributed by atoms with Crippen molar-refractivity contribution in [2.45, 2.75) is 18.8 Å². The Morgan fingerprint density at radius 1 is 1.27 bits per heavy atom. The summed E-state index contributed by atoms with van der Waals surface area (Å²) < 4.78 is 35.7. The Morgan fingerprint density at radius 2 is 2.00 bits per heavy atom. The van der Waals surface area contributed by atoms with Gasteiger partial charge in [0.2, 0.25) is 0 Å². The Balaban J connectivity index is 2.06. The van der Waals surface area contributed by atoms with Crippen LogP contribution in [0.4, 0.5) is 12.9 Å². The van der Waals surface area contributed by atoms with Crippen molar-refractivity contribution in [2.75, 3.05) is 0 Å². The zero-order valence-corrected chi connectivity index (χ0v) is 8.04. The summed E-state index contributed by atoms with van der Waals surface area (Å²) >= 11 is 0. The van der Waals surface area contributed by atoms with Gasteiger partial charge in [-0.05, 0) is 24.5 Å². The van der Waals surface area contributed by atoms with Crippen LogP contribution < -0.4 is 0 Å². The Bertz CT molecular complexity index is 365. The molecule has 1 nitrogen and oxygen atoms in total. The highest BCUT2D eigenvalue weighted by molar-refractivity contribution is 6.64. The van der Waals surface area contributed by atoms with Gasteiger partial charge in [-0.15, -0.1) is 5.98 Å². The topological polar surface area (TPSA) is 12.9 Å². The van der Waals surface area contributed by atoms with E-state index in [0.29, 0.717) is 11.5 Å². The first kappa shape index (κ1) is 10.3. The summed E-state index contributed by atoms with van der Waals surface area (Å²) in [6.07, 6.45) is 4.84. The quantitative estimate of drug-likeness (QED) is 0.700. The minimum Gasteiger partial charge on any atom is -0.445 e. The number of hydrogen-bond donors (Lipinski definition) is 0. The van der Waals surface area contributed by atoms with E-state index in [9.17, 15) is 12.9 Å². The first-order chi connectivity index (χ1) is 7.04. The summed E-state index contributed by atoms with van der Waals surface area (Å²) in [7, 11) is 0. The molecule has 0 saturated heterocycles. The van der Waals surface area contributed by atoms with Crippen LogP contribution in [0.1, 0.15) is 30.0 Å². The highest BCUT2D eigenvalue weighted by Gasteiger charge is 2.24. The van der Waals surface area contributed by atoms with Crippen LogP contribution in [0.2, 0.25) is 0 Å². The summed E-state index contributed by atoms with van der Waals surface area (Å²) in [4.78, 5) is 4.13. The molecule has 1 aromatic heterocycles. The number of halogens is 3. The molecular weight excluding hydrogens is 202 g/mol. The Kier molecular flexibility index (Phi) is 2.55. The minimum absolute atomic E-state index is 0.286. The van der Waals surface area contributed by atoms with Gasteiger partial charge < -0.3 is 12.9 Å². The molecule has 0 N–H and O–H groups in total. The monoisotopic (exact) mass is 212 g/mol. The van der Waals surface area contributed by atoms with E-state index < -0.39 is 6.98 Å².